The highest BCUT2D eigenvalue weighted by Crippen LogP contribution is 2.38. The van der Waals surface area contributed by atoms with Gasteiger partial charge in [0.15, 0.2) is 0 Å². The average Bonchev–Trinajstić information content (AvgIpc) is 3.22. The minimum Gasteiger partial charge on any atom is -0.308 e. The fraction of sp³-hybridized carbons (Fsp3) is 0.250. The predicted octanol–water partition coefficient (Wildman–Crippen LogP) is 6.62. The van der Waals surface area contributed by atoms with Crippen molar-refractivity contribution in [2.24, 2.45) is 0 Å². The van der Waals surface area contributed by atoms with E-state index >= 15 is 0 Å². The number of benzene rings is 1. The van der Waals surface area contributed by atoms with Gasteiger partial charge in [0, 0.05) is 21.3 Å². The van der Waals surface area contributed by atoms with Crippen LogP contribution in [0.4, 0.5) is 0 Å². The van der Waals surface area contributed by atoms with Crippen LogP contribution in [0.1, 0.15) is 51.4 Å². The molecule has 0 N–H and O–H groups in total. The number of fused-ring (bicyclic) bond motifs is 1. The van der Waals surface area contributed by atoms with Crippen LogP contribution < -0.4 is 0 Å². The van der Waals surface area contributed by atoms with Gasteiger partial charge in [0.25, 0.3) is 0 Å². The molecule has 0 unspecified atom stereocenters. The fourth-order valence-corrected chi connectivity index (χ4v) is 5.61. The zero-order valence-electron chi connectivity index (χ0n) is 16.4. The van der Waals surface area contributed by atoms with Gasteiger partial charge in [-0.05, 0) is 80.5 Å². The molecule has 144 valence electrons. The normalized spacial score (nSPS) is 13.6. The molecule has 2 heterocycles. The van der Waals surface area contributed by atoms with Gasteiger partial charge in [-0.3, -0.25) is 0 Å². The van der Waals surface area contributed by atoms with Crippen molar-refractivity contribution in [2.75, 3.05) is 0 Å². The molecule has 29 heavy (non-hydrogen) atoms. The number of hydrogen-bond donors (Lipinski definition) is 0. The summed E-state index contributed by atoms with van der Waals surface area (Å²) in [4.78, 5) is 1.35. The second-order valence-electron chi connectivity index (χ2n) is 7.34. The van der Waals surface area contributed by atoms with Crippen LogP contribution >= 0.6 is 22.9 Å². The van der Waals surface area contributed by atoms with Gasteiger partial charge in [0.05, 0.1) is 17.2 Å². The van der Waals surface area contributed by atoms with Crippen molar-refractivity contribution >= 4 is 34.6 Å². The first-order chi connectivity index (χ1) is 14.0. The summed E-state index contributed by atoms with van der Waals surface area (Å²) in [6, 6.07) is 14.1. The Morgan fingerprint density at radius 1 is 1.14 bits per heavy atom. The average molecular weight is 418 g/mol. The maximum absolute atomic E-state index is 9.85. The molecule has 0 bridgehead atoms. The van der Waals surface area contributed by atoms with Crippen molar-refractivity contribution in [3.63, 3.8) is 0 Å². The van der Waals surface area contributed by atoms with Crippen LogP contribution in [0.3, 0.4) is 0 Å². The largest absolute Gasteiger partial charge is 0.308 e. The van der Waals surface area contributed by atoms with Crippen molar-refractivity contribution in [3.8, 4) is 17.1 Å². The topological polar surface area (TPSA) is 52.5 Å². The molecular formula is C24H20ClN3S. The van der Waals surface area contributed by atoms with E-state index in [1.165, 1.54) is 16.9 Å². The van der Waals surface area contributed by atoms with E-state index in [9.17, 15) is 10.5 Å². The first-order valence-electron chi connectivity index (χ1n) is 9.65. The monoisotopic (exact) mass is 417 g/mol. The van der Waals surface area contributed by atoms with E-state index in [-0.39, 0.29) is 0 Å². The summed E-state index contributed by atoms with van der Waals surface area (Å²) >= 11 is 7.72. The van der Waals surface area contributed by atoms with Gasteiger partial charge >= 0.3 is 0 Å². The summed E-state index contributed by atoms with van der Waals surface area (Å²) in [5, 5.41) is 21.2. The molecule has 3 aromatic rings. The second-order valence-corrected chi connectivity index (χ2v) is 8.86. The van der Waals surface area contributed by atoms with Gasteiger partial charge in [0.1, 0.15) is 11.1 Å². The summed E-state index contributed by atoms with van der Waals surface area (Å²) < 4.78 is 2.17. The zero-order chi connectivity index (χ0) is 20.5. The Hall–Kier alpha value is -2.79. The molecule has 5 heteroatoms. The SMILES string of the molecule is Cc1cc(/C=C(/C#N)c2ccc(Cl)cc2)c(C)n1-c1sc2c(c1C#N)CCCC2. The summed E-state index contributed by atoms with van der Waals surface area (Å²) in [5.74, 6) is 0. The standard InChI is InChI=1S/C24H20ClN3S/c1-15-11-18(12-19(13-26)17-7-9-20(25)10-8-17)16(2)28(15)24-22(14-27)21-5-3-4-6-23(21)29-24/h7-12H,3-6H2,1-2H3/b19-12-. The lowest BCUT2D eigenvalue weighted by Crippen LogP contribution is -2.02. The number of halogens is 1. The Kier molecular flexibility index (Phi) is 5.33. The minimum atomic E-state index is 0.591. The highest BCUT2D eigenvalue weighted by Gasteiger charge is 2.23. The van der Waals surface area contributed by atoms with E-state index in [1.807, 2.05) is 18.2 Å². The lowest BCUT2D eigenvalue weighted by Gasteiger charge is -2.10. The number of hydrogen-bond acceptors (Lipinski definition) is 3. The molecule has 4 rings (SSSR count). The third kappa shape index (κ3) is 3.51. The highest BCUT2D eigenvalue weighted by molar-refractivity contribution is 7.15. The molecule has 1 aromatic carbocycles. The summed E-state index contributed by atoms with van der Waals surface area (Å²) in [6.07, 6.45) is 6.33. The third-order valence-corrected chi connectivity index (χ3v) is 7.04. The zero-order valence-corrected chi connectivity index (χ0v) is 18.0. The third-order valence-electron chi connectivity index (χ3n) is 5.51. The quantitative estimate of drug-likeness (QED) is 0.449. The Bertz CT molecular complexity index is 1200. The van der Waals surface area contributed by atoms with Crippen LogP contribution in [-0.2, 0) is 12.8 Å². The Labute approximate surface area is 180 Å². The van der Waals surface area contributed by atoms with Crippen molar-refractivity contribution in [2.45, 2.75) is 39.5 Å². The van der Waals surface area contributed by atoms with E-state index in [1.54, 1.807) is 23.5 Å². The predicted molar refractivity (Wildman–Crippen MR) is 119 cm³/mol. The van der Waals surface area contributed by atoms with Crippen molar-refractivity contribution < 1.29 is 0 Å². The minimum absolute atomic E-state index is 0.591. The molecule has 0 spiro atoms. The summed E-state index contributed by atoms with van der Waals surface area (Å²) in [6.45, 7) is 4.11. The Balaban J connectivity index is 1.82. The van der Waals surface area contributed by atoms with Crippen molar-refractivity contribution in [1.29, 1.82) is 10.5 Å². The molecule has 1 aliphatic rings. The van der Waals surface area contributed by atoms with Crippen LogP contribution in [0.5, 0.6) is 0 Å². The van der Waals surface area contributed by atoms with Gasteiger partial charge < -0.3 is 4.57 Å². The van der Waals surface area contributed by atoms with Crippen molar-refractivity contribution in [3.05, 3.63) is 73.9 Å². The Morgan fingerprint density at radius 2 is 1.86 bits per heavy atom. The van der Waals surface area contributed by atoms with E-state index in [0.717, 1.165) is 52.3 Å². The number of rotatable bonds is 3. The van der Waals surface area contributed by atoms with E-state index in [2.05, 4.69) is 36.6 Å². The van der Waals surface area contributed by atoms with Gasteiger partial charge in [-0.1, -0.05) is 23.7 Å². The lowest BCUT2D eigenvalue weighted by molar-refractivity contribution is 0.695. The number of aromatic nitrogens is 1. The molecule has 0 amide bonds. The van der Waals surface area contributed by atoms with Crippen LogP contribution in [0.2, 0.25) is 5.02 Å². The molecular weight excluding hydrogens is 398 g/mol. The number of aryl methyl sites for hydroxylation is 2. The van der Waals surface area contributed by atoms with Gasteiger partial charge in [0.2, 0.25) is 0 Å². The van der Waals surface area contributed by atoms with Gasteiger partial charge in [-0.25, -0.2) is 0 Å². The van der Waals surface area contributed by atoms with Gasteiger partial charge in [-0.2, -0.15) is 10.5 Å². The van der Waals surface area contributed by atoms with Crippen molar-refractivity contribution in [1.82, 2.24) is 4.57 Å². The van der Waals surface area contributed by atoms with Crippen LogP contribution in [0, 0.1) is 36.5 Å². The molecule has 1 aliphatic carbocycles. The molecule has 0 aliphatic heterocycles. The first-order valence-corrected chi connectivity index (χ1v) is 10.8. The maximum atomic E-state index is 9.85. The smallest absolute Gasteiger partial charge is 0.118 e. The number of nitrogens with zero attached hydrogens (tertiary/aromatic N) is 3. The fourth-order valence-electron chi connectivity index (χ4n) is 4.04. The van der Waals surface area contributed by atoms with E-state index in [4.69, 9.17) is 11.6 Å². The molecule has 3 nitrogen and oxygen atoms in total. The molecule has 0 saturated carbocycles. The summed E-state index contributed by atoms with van der Waals surface area (Å²) in [7, 11) is 0. The maximum Gasteiger partial charge on any atom is 0.118 e. The molecule has 0 atom stereocenters. The number of nitriles is 2. The van der Waals surface area contributed by atoms with Crippen LogP contribution in [0.15, 0.2) is 30.3 Å². The second kappa shape index (κ2) is 7.91. The first kappa shape index (κ1) is 19.5. The molecule has 0 radical (unpaired) electrons. The molecule has 0 fully saturated rings. The number of thiophene rings is 1. The summed E-state index contributed by atoms with van der Waals surface area (Å²) in [5.41, 5.74) is 6.59. The Morgan fingerprint density at radius 3 is 2.55 bits per heavy atom. The van der Waals surface area contributed by atoms with Gasteiger partial charge in [-0.15, -0.1) is 11.3 Å². The van der Waals surface area contributed by atoms with E-state index < -0.39 is 0 Å². The van der Waals surface area contributed by atoms with Crippen LogP contribution in [0.25, 0.3) is 16.7 Å². The van der Waals surface area contributed by atoms with Crippen LogP contribution in [-0.4, -0.2) is 4.57 Å². The highest BCUT2D eigenvalue weighted by atomic mass is 35.5. The molecule has 2 aromatic heterocycles. The molecule has 0 saturated heterocycles. The lowest BCUT2D eigenvalue weighted by atomic mass is 9.96. The van der Waals surface area contributed by atoms with E-state index in [0.29, 0.717) is 10.6 Å². The number of allylic oxidation sites excluding steroid dienone is 1.